The molecule has 29 heavy (non-hydrogen) atoms. The van der Waals surface area contributed by atoms with Crippen molar-refractivity contribution < 1.29 is 14.4 Å². The maximum atomic E-state index is 12.6. The van der Waals surface area contributed by atoms with E-state index in [0.29, 0.717) is 5.69 Å². The van der Waals surface area contributed by atoms with Gasteiger partial charge in [0.1, 0.15) is 12.2 Å². The molecule has 1 aliphatic heterocycles. The molecule has 150 valence electrons. The molecular weight excluding hydrogens is 366 g/mol. The summed E-state index contributed by atoms with van der Waals surface area (Å²) >= 11 is 0. The van der Waals surface area contributed by atoms with E-state index in [-0.39, 0.29) is 17.7 Å². The van der Waals surface area contributed by atoms with E-state index in [1.54, 1.807) is 18.2 Å². The number of hydrogen-bond donors (Lipinski definition) is 2. The highest BCUT2D eigenvalue weighted by molar-refractivity contribution is 6.15. The lowest BCUT2D eigenvalue weighted by Crippen LogP contribution is -2.38. The van der Waals surface area contributed by atoms with Crippen LogP contribution in [0.5, 0.6) is 0 Å². The summed E-state index contributed by atoms with van der Waals surface area (Å²) in [6.45, 7) is 7.98. The lowest BCUT2D eigenvalue weighted by atomic mass is 9.87. The molecule has 3 rings (SSSR count). The molecule has 0 atom stereocenters. The minimum absolute atomic E-state index is 0.0324. The van der Waals surface area contributed by atoms with Gasteiger partial charge in [0, 0.05) is 5.69 Å². The van der Waals surface area contributed by atoms with Gasteiger partial charge in [-0.05, 0) is 41.7 Å². The van der Waals surface area contributed by atoms with Crippen LogP contribution in [0, 0.1) is 6.92 Å². The molecule has 4 amide bonds. The molecule has 2 aromatic carbocycles. The number of nitrogens with one attached hydrogen (secondary N) is 2. The number of imide groups is 1. The Kier molecular flexibility index (Phi) is 5.55. The van der Waals surface area contributed by atoms with Crippen LogP contribution >= 0.6 is 0 Å². The SMILES string of the molecule is Cc1ccc(NC(=O)CN2C(=O)N/C(=C\c3ccc(C(C)(C)C)cc3)C2=O)cc1. The summed E-state index contributed by atoms with van der Waals surface area (Å²) in [5, 5.41) is 5.23. The fourth-order valence-electron chi connectivity index (χ4n) is 2.94. The molecule has 2 aromatic rings. The maximum absolute atomic E-state index is 12.6. The van der Waals surface area contributed by atoms with Crippen LogP contribution in [-0.2, 0) is 15.0 Å². The summed E-state index contributed by atoms with van der Waals surface area (Å²) in [6.07, 6.45) is 1.62. The van der Waals surface area contributed by atoms with Crippen molar-refractivity contribution in [3.63, 3.8) is 0 Å². The number of carbonyl (C=O) groups excluding carboxylic acids is 3. The highest BCUT2D eigenvalue weighted by Crippen LogP contribution is 2.23. The third-order valence-electron chi connectivity index (χ3n) is 4.69. The first-order valence-corrected chi connectivity index (χ1v) is 9.45. The second-order valence-electron chi connectivity index (χ2n) is 8.17. The number of urea groups is 1. The Bertz CT molecular complexity index is 968. The number of nitrogens with zero attached hydrogens (tertiary/aromatic N) is 1. The van der Waals surface area contributed by atoms with Crippen molar-refractivity contribution in [3.05, 3.63) is 70.9 Å². The van der Waals surface area contributed by atoms with Gasteiger partial charge in [0.05, 0.1) is 0 Å². The van der Waals surface area contributed by atoms with Gasteiger partial charge in [0.15, 0.2) is 0 Å². The topological polar surface area (TPSA) is 78.5 Å². The molecule has 0 unspecified atom stereocenters. The largest absolute Gasteiger partial charge is 0.329 e. The number of carbonyl (C=O) groups is 3. The Morgan fingerprint density at radius 2 is 1.66 bits per heavy atom. The second kappa shape index (κ2) is 7.91. The fourth-order valence-corrected chi connectivity index (χ4v) is 2.94. The average molecular weight is 391 g/mol. The van der Waals surface area contributed by atoms with Gasteiger partial charge in [-0.3, -0.25) is 9.59 Å². The first-order valence-electron chi connectivity index (χ1n) is 9.45. The lowest BCUT2D eigenvalue weighted by molar-refractivity contribution is -0.127. The zero-order valence-corrected chi connectivity index (χ0v) is 17.1. The van der Waals surface area contributed by atoms with Gasteiger partial charge in [-0.15, -0.1) is 0 Å². The molecule has 0 bridgehead atoms. The normalized spacial score (nSPS) is 15.6. The van der Waals surface area contributed by atoms with Crippen LogP contribution in [0.3, 0.4) is 0 Å². The number of aryl methyl sites for hydroxylation is 1. The summed E-state index contributed by atoms with van der Waals surface area (Å²) in [5.74, 6) is -0.956. The van der Waals surface area contributed by atoms with Crippen molar-refractivity contribution >= 4 is 29.6 Å². The van der Waals surface area contributed by atoms with E-state index in [9.17, 15) is 14.4 Å². The van der Waals surface area contributed by atoms with Crippen molar-refractivity contribution in [1.29, 1.82) is 0 Å². The Hall–Kier alpha value is -3.41. The Morgan fingerprint density at radius 3 is 2.24 bits per heavy atom. The summed E-state index contributed by atoms with van der Waals surface area (Å²) in [4.78, 5) is 37.9. The van der Waals surface area contributed by atoms with Gasteiger partial charge in [0.25, 0.3) is 5.91 Å². The Labute approximate surface area is 170 Å². The summed E-state index contributed by atoms with van der Waals surface area (Å²) < 4.78 is 0. The molecule has 0 aromatic heterocycles. The molecule has 6 nitrogen and oxygen atoms in total. The van der Waals surface area contributed by atoms with E-state index < -0.39 is 17.8 Å². The van der Waals surface area contributed by atoms with Crippen LogP contribution in [0.4, 0.5) is 10.5 Å². The van der Waals surface area contributed by atoms with Crippen LogP contribution in [0.25, 0.3) is 6.08 Å². The van der Waals surface area contributed by atoms with E-state index in [1.165, 1.54) is 5.56 Å². The molecule has 0 spiro atoms. The summed E-state index contributed by atoms with van der Waals surface area (Å²) in [7, 11) is 0. The molecule has 2 N–H and O–H groups in total. The van der Waals surface area contributed by atoms with Gasteiger partial charge >= 0.3 is 6.03 Å². The van der Waals surface area contributed by atoms with Crippen molar-refractivity contribution in [3.8, 4) is 0 Å². The molecule has 1 heterocycles. The molecule has 0 aliphatic carbocycles. The highest BCUT2D eigenvalue weighted by Gasteiger charge is 2.34. The van der Waals surface area contributed by atoms with Crippen LogP contribution in [0.15, 0.2) is 54.2 Å². The van der Waals surface area contributed by atoms with Crippen molar-refractivity contribution in [2.75, 3.05) is 11.9 Å². The van der Waals surface area contributed by atoms with Crippen LogP contribution < -0.4 is 10.6 Å². The van der Waals surface area contributed by atoms with Gasteiger partial charge in [0.2, 0.25) is 5.91 Å². The van der Waals surface area contributed by atoms with Gasteiger partial charge in [-0.2, -0.15) is 0 Å². The number of amides is 4. The zero-order valence-electron chi connectivity index (χ0n) is 17.1. The first kappa shape index (κ1) is 20.3. The average Bonchev–Trinajstić information content (AvgIpc) is 2.91. The minimum Gasteiger partial charge on any atom is -0.325 e. The maximum Gasteiger partial charge on any atom is 0.329 e. The number of hydrogen-bond acceptors (Lipinski definition) is 3. The Balaban J connectivity index is 1.68. The predicted octanol–water partition coefficient (Wildman–Crippen LogP) is 3.82. The lowest BCUT2D eigenvalue weighted by Gasteiger charge is -2.18. The van der Waals surface area contributed by atoms with E-state index in [4.69, 9.17) is 0 Å². The molecule has 0 saturated carbocycles. The van der Waals surface area contributed by atoms with Crippen LogP contribution in [0.1, 0.15) is 37.5 Å². The van der Waals surface area contributed by atoms with Crippen molar-refractivity contribution in [2.24, 2.45) is 0 Å². The summed E-state index contributed by atoms with van der Waals surface area (Å²) in [6, 6.07) is 14.5. The fraction of sp³-hybridized carbons (Fsp3) is 0.261. The molecule has 1 aliphatic rings. The third kappa shape index (κ3) is 4.90. The zero-order chi connectivity index (χ0) is 21.2. The van der Waals surface area contributed by atoms with Crippen LogP contribution in [0.2, 0.25) is 0 Å². The first-order chi connectivity index (χ1) is 13.6. The van der Waals surface area contributed by atoms with E-state index in [2.05, 4.69) is 31.4 Å². The van der Waals surface area contributed by atoms with Gasteiger partial charge in [-0.1, -0.05) is 62.7 Å². The number of anilines is 1. The standard InChI is InChI=1S/C23H25N3O3/c1-15-5-11-18(12-6-15)24-20(27)14-26-21(28)19(25-22(26)29)13-16-7-9-17(10-8-16)23(2,3)4/h5-13H,14H2,1-4H3,(H,24,27)(H,25,29)/b19-13-. The quantitative estimate of drug-likeness (QED) is 0.614. The Morgan fingerprint density at radius 1 is 1.03 bits per heavy atom. The summed E-state index contributed by atoms with van der Waals surface area (Å²) in [5.41, 5.74) is 3.85. The number of rotatable bonds is 4. The van der Waals surface area contributed by atoms with Gasteiger partial charge < -0.3 is 10.6 Å². The minimum atomic E-state index is -0.605. The van der Waals surface area contributed by atoms with Crippen molar-refractivity contribution in [2.45, 2.75) is 33.1 Å². The van der Waals surface area contributed by atoms with E-state index >= 15 is 0 Å². The number of benzene rings is 2. The van der Waals surface area contributed by atoms with Crippen molar-refractivity contribution in [1.82, 2.24) is 10.2 Å². The van der Waals surface area contributed by atoms with E-state index in [1.807, 2.05) is 43.3 Å². The highest BCUT2D eigenvalue weighted by atomic mass is 16.2. The molecule has 1 fully saturated rings. The smallest absolute Gasteiger partial charge is 0.325 e. The monoisotopic (exact) mass is 391 g/mol. The van der Waals surface area contributed by atoms with Crippen LogP contribution in [-0.4, -0.2) is 29.3 Å². The molecule has 1 saturated heterocycles. The second-order valence-corrected chi connectivity index (χ2v) is 8.17. The third-order valence-corrected chi connectivity index (χ3v) is 4.69. The molecule has 0 radical (unpaired) electrons. The van der Waals surface area contributed by atoms with Gasteiger partial charge in [-0.25, -0.2) is 9.69 Å². The van der Waals surface area contributed by atoms with E-state index in [0.717, 1.165) is 16.0 Å². The molecule has 6 heteroatoms. The molecular formula is C23H25N3O3. The predicted molar refractivity (Wildman–Crippen MR) is 113 cm³/mol.